The third-order valence-electron chi connectivity index (χ3n) is 3.16. The van der Waals surface area contributed by atoms with Crippen LogP contribution in [0.25, 0.3) is 0 Å². The molecule has 0 saturated heterocycles. The number of rotatable bonds is 6. The number of aryl methyl sites for hydroxylation is 1. The Balaban J connectivity index is 3.43. The van der Waals surface area contributed by atoms with Gasteiger partial charge in [-0.2, -0.15) is 0 Å². The van der Waals surface area contributed by atoms with Crippen LogP contribution in [-0.4, -0.2) is 23.7 Å². The first-order valence-corrected chi connectivity index (χ1v) is 6.58. The van der Waals surface area contributed by atoms with Gasteiger partial charge in [-0.1, -0.05) is 42.0 Å². The van der Waals surface area contributed by atoms with E-state index in [1.165, 1.54) is 0 Å². The van der Waals surface area contributed by atoms with Crippen LogP contribution in [0.4, 0.5) is 0 Å². The molecule has 0 heterocycles. The number of ether oxygens (including phenoxy) is 1. The van der Waals surface area contributed by atoms with E-state index >= 15 is 0 Å². The number of aliphatic carboxylic acids is 1. The van der Waals surface area contributed by atoms with E-state index < -0.39 is 17.4 Å². The zero-order valence-electron chi connectivity index (χ0n) is 12.1. The average molecular weight is 276 g/mol. The normalized spacial score (nSPS) is 13.9. The monoisotopic (exact) mass is 276 g/mol. The molecule has 4 heteroatoms. The molecular weight excluding hydrogens is 256 g/mol. The Morgan fingerprint density at radius 1 is 1.40 bits per heavy atom. The van der Waals surface area contributed by atoms with Gasteiger partial charge >= 0.3 is 11.9 Å². The second kappa shape index (κ2) is 6.89. The van der Waals surface area contributed by atoms with Crippen molar-refractivity contribution < 1.29 is 19.4 Å². The Labute approximate surface area is 119 Å². The van der Waals surface area contributed by atoms with E-state index in [9.17, 15) is 14.7 Å². The first-order chi connectivity index (χ1) is 9.48. The first kappa shape index (κ1) is 16.0. The van der Waals surface area contributed by atoms with E-state index in [0.717, 1.165) is 5.56 Å². The summed E-state index contributed by atoms with van der Waals surface area (Å²) in [5.41, 5.74) is -0.339. The maximum atomic E-state index is 12.3. The Hall–Kier alpha value is -2.10. The van der Waals surface area contributed by atoms with Crippen LogP contribution in [0.1, 0.15) is 31.4 Å². The highest BCUT2D eigenvalue weighted by Crippen LogP contribution is 2.31. The molecule has 0 radical (unpaired) electrons. The second-order valence-corrected chi connectivity index (χ2v) is 4.57. The highest BCUT2D eigenvalue weighted by atomic mass is 16.5. The number of hydrogen-bond acceptors (Lipinski definition) is 3. The molecule has 4 nitrogen and oxygen atoms in total. The van der Waals surface area contributed by atoms with Gasteiger partial charge in [0.25, 0.3) is 0 Å². The van der Waals surface area contributed by atoms with Crippen molar-refractivity contribution in [1.29, 1.82) is 0 Å². The highest BCUT2D eigenvalue weighted by molar-refractivity contribution is 6.05. The zero-order valence-corrected chi connectivity index (χ0v) is 12.1. The van der Waals surface area contributed by atoms with E-state index in [4.69, 9.17) is 4.74 Å². The van der Waals surface area contributed by atoms with Gasteiger partial charge in [-0.25, -0.2) is 0 Å². The fraction of sp³-hybridized carbons (Fsp3) is 0.375. The van der Waals surface area contributed by atoms with Gasteiger partial charge in [-0.3, -0.25) is 9.59 Å². The molecule has 108 valence electrons. The van der Waals surface area contributed by atoms with E-state index in [1.807, 2.05) is 13.0 Å². The lowest BCUT2D eigenvalue weighted by Gasteiger charge is -2.26. The molecule has 0 aliphatic carbocycles. The highest BCUT2D eigenvalue weighted by Gasteiger charge is 2.48. The predicted octanol–water partition coefficient (Wildman–Crippen LogP) is 2.85. The van der Waals surface area contributed by atoms with Crippen LogP contribution < -0.4 is 0 Å². The van der Waals surface area contributed by atoms with Crippen molar-refractivity contribution in [1.82, 2.24) is 0 Å². The minimum absolute atomic E-state index is 0.0706. The summed E-state index contributed by atoms with van der Waals surface area (Å²) in [6, 6.07) is 6.98. The number of esters is 1. The average Bonchev–Trinajstić information content (AvgIpc) is 2.39. The van der Waals surface area contributed by atoms with Crippen molar-refractivity contribution in [2.24, 2.45) is 0 Å². The van der Waals surface area contributed by atoms with Crippen molar-refractivity contribution >= 4 is 11.9 Å². The minimum atomic E-state index is -1.69. The molecule has 0 spiro atoms. The van der Waals surface area contributed by atoms with Gasteiger partial charge in [0.05, 0.1) is 6.61 Å². The van der Waals surface area contributed by atoms with Crippen LogP contribution in [0.5, 0.6) is 0 Å². The minimum Gasteiger partial charge on any atom is -0.480 e. The summed E-state index contributed by atoms with van der Waals surface area (Å²) in [5.74, 6) is -1.92. The molecule has 0 aromatic heterocycles. The third-order valence-corrected chi connectivity index (χ3v) is 3.16. The Morgan fingerprint density at radius 3 is 2.60 bits per heavy atom. The molecule has 1 rings (SSSR count). The first-order valence-electron chi connectivity index (χ1n) is 6.58. The molecular formula is C16H20O4. The van der Waals surface area contributed by atoms with Gasteiger partial charge in [0.2, 0.25) is 0 Å². The zero-order chi connectivity index (χ0) is 15.2. The Bertz CT molecular complexity index is 519. The van der Waals surface area contributed by atoms with Crippen LogP contribution >= 0.6 is 0 Å². The van der Waals surface area contributed by atoms with Gasteiger partial charge in [-0.05, 0) is 32.8 Å². The van der Waals surface area contributed by atoms with Gasteiger partial charge in [0, 0.05) is 0 Å². The van der Waals surface area contributed by atoms with Gasteiger partial charge in [0.15, 0.2) is 5.41 Å². The Kier molecular flexibility index (Phi) is 5.50. The van der Waals surface area contributed by atoms with Crippen LogP contribution in [0.15, 0.2) is 36.4 Å². The van der Waals surface area contributed by atoms with Crippen LogP contribution in [-0.2, 0) is 19.7 Å². The van der Waals surface area contributed by atoms with Crippen LogP contribution in [0.3, 0.4) is 0 Å². The lowest BCUT2D eigenvalue weighted by atomic mass is 9.77. The number of carbonyl (C=O) groups excluding carboxylic acids is 1. The quantitative estimate of drug-likeness (QED) is 0.493. The number of carbonyl (C=O) groups is 2. The van der Waals surface area contributed by atoms with Crippen molar-refractivity contribution in [2.75, 3.05) is 6.61 Å². The molecule has 0 amide bonds. The van der Waals surface area contributed by atoms with E-state index in [0.29, 0.717) is 5.56 Å². The van der Waals surface area contributed by atoms with Gasteiger partial charge in [-0.15, -0.1) is 0 Å². The van der Waals surface area contributed by atoms with E-state index in [1.54, 1.807) is 44.2 Å². The van der Waals surface area contributed by atoms with Crippen molar-refractivity contribution in [3.8, 4) is 0 Å². The summed E-state index contributed by atoms with van der Waals surface area (Å²) >= 11 is 0. The summed E-state index contributed by atoms with van der Waals surface area (Å²) in [6.07, 6.45) is 3.47. The van der Waals surface area contributed by atoms with Crippen molar-refractivity contribution in [2.45, 2.75) is 32.6 Å². The molecule has 0 aliphatic rings. The Morgan fingerprint density at radius 2 is 2.10 bits per heavy atom. The number of benzene rings is 1. The standard InChI is InChI=1S/C16H20O4/c1-4-6-10-16(14(17)18,15(19)20-5-2)13-9-7-8-12(3)11-13/h4,6-9,11H,5,10H2,1-3H3,(H,17,18)/b6-4+. The number of allylic oxidation sites excluding steroid dienone is 2. The summed E-state index contributed by atoms with van der Waals surface area (Å²) in [7, 11) is 0. The lowest BCUT2D eigenvalue weighted by Crippen LogP contribution is -2.44. The van der Waals surface area contributed by atoms with E-state index in [2.05, 4.69) is 0 Å². The molecule has 1 unspecified atom stereocenters. The molecule has 20 heavy (non-hydrogen) atoms. The molecule has 1 aromatic carbocycles. The van der Waals surface area contributed by atoms with Crippen molar-refractivity contribution in [3.05, 3.63) is 47.5 Å². The topological polar surface area (TPSA) is 63.6 Å². The summed E-state index contributed by atoms with van der Waals surface area (Å²) in [6.45, 7) is 5.46. The largest absolute Gasteiger partial charge is 0.480 e. The maximum absolute atomic E-state index is 12.3. The molecule has 1 N–H and O–H groups in total. The van der Waals surface area contributed by atoms with Gasteiger partial charge in [0.1, 0.15) is 0 Å². The van der Waals surface area contributed by atoms with Gasteiger partial charge < -0.3 is 9.84 Å². The summed E-state index contributed by atoms with van der Waals surface area (Å²) in [5, 5.41) is 9.66. The summed E-state index contributed by atoms with van der Waals surface area (Å²) < 4.78 is 5.01. The SMILES string of the molecule is C/C=C/CC(C(=O)O)(C(=O)OCC)c1cccc(C)c1. The fourth-order valence-corrected chi connectivity index (χ4v) is 2.08. The predicted molar refractivity (Wildman–Crippen MR) is 76.6 cm³/mol. The molecule has 0 fully saturated rings. The fourth-order valence-electron chi connectivity index (χ4n) is 2.08. The molecule has 0 saturated carbocycles. The number of hydrogen-bond donors (Lipinski definition) is 1. The second-order valence-electron chi connectivity index (χ2n) is 4.57. The smallest absolute Gasteiger partial charge is 0.328 e. The van der Waals surface area contributed by atoms with Crippen LogP contribution in [0, 0.1) is 6.92 Å². The molecule has 1 atom stereocenters. The van der Waals surface area contributed by atoms with Crippen molar-refractivity contribution in [3.63, 3.8) is 0 Å². The lowest BCUT2D eigenvalue weighted by molar-refractivity contribution is -0.161. The number of carboxylic acids is 1. The number of carboxylic acid groups (broad SMARTS) is 1. The molecule has 0 aliphatic heterocycles. The van der Waals surface area contributed by atoms with Crippen LogP contribution in [0.2, 0.25) is 0 Å². The third kappa shape index (κ3) is 3.07. The van der Waals surface area contributed by atoms with E-state index in [-0.39, 0.29) is 13.0 Å². The summed E-state index contributed by atoms with van der Waals surface area (Å²) in [4.78, 5) is 24.1. The maximum Gasteiger partial charge on any atom is 0.328 e. The molecule has 1 aromatic rings. The molecule has 0 bridgehead atoms.